The number of aromatic carboxylic acids is 1. The van der Waals surface area contributed by atoms with Crippen LogP contribution in [0.15, 0.2) is 6.20 Å². The van der Waals surface area contributed by atoms with E-state index in [9.17, 15) is 9.59 Å². The molecular formula is C11H16N4O4. The van der Waals surface area contributed by atoms with E-state index >= 15 is 0 Å². The largest absolute Gasteiger partial charge is 0.478 e. The van der Waals surface area contributed by atoms with Crippen molar-refractivity contribution in [1.29, 1.82) is 0 Å². The van der Waals surface area contributed by atoms with Gasteiger partial charge in [-0.15, -0.1) is 0 Å². The van der Waals surface area contributed by atoms with Crippen LogP contribution < -0.4 is 5.73 Å². The van der Waals surface area contributed by atoms with Crippen LogP contribution in [0.3, 0.4) is 0 Å². The van der Waals surface area contributed by atoms with Crippen LogP contribution in [0.4, 0.5) is 0 Å². The summed E-state index contributed by atoms with van der Waals surface area (Å²) in [5.74, 6) is -1.51. The molecule has 1 aliphatic rings. The number of nitrogens with zero attached hydrogens (tertiary/aromatic N) is 3. The van der Waals surface area contributed by atoms with Crippen LogP contribution >= 0.6 is 0 Å². The summed E-state index contributed by atoms with van der Waals surface area (Å²) in [5.41, 5.74) is 6.00. The Balaban J connectivity index is 2.21. The summed E-state index contributed by atoms with van der Waals surface area (Å²) in [5, 5.41) is 13.0. The SMILES string of the molecule is Cn1ncc(C(=O)O)c1CN1CCOCC1C(N)=O. The van der Waals surface area contributed by atoms with Gasteiger partial charge in [-0.2, -0.15) is 5.10 Å². The quantitative estimate of drug-likeness (QED) is 0.710. The predicted molar refractivity (Wildman–Crippen MR) is 64.4 cm³/mol. The molecule has 0 saturated carbocycles. The molecule has 0 spiro atoms. The van der Waals surface area contributed by atoms with E-state index in [1.807, 2.05) is 4.90 Å². The number of primary amides is 1. The molecule has 3 N–H and O–H groups in total. The van der Waals surface area contributed by atoms with Crippen LogP contribution in [0.25, 0.3) is 0 Å². The third-order valence-electron chi connectivity index (χ3n) is 3.21. The minimum Gasteiger partial charge on any atom is -0.478 e. The van der Waals surface area contributed by atoms with Crippen molar-refractivity contribution >= 4 is 11.9 Å². The molecule has 8 nitrogen and oxygen atoms in total. The molecule has 0 bridgehead atoms. The molecule has 1 fully saturated rings. The Labute approximate surface area is 109 Å². The maximum atomic E-state index is 11.4. The van der Waals surface area contributed by atoms with Gasteiger partial charge in [-0.25, -0.2) is 4.79 Å². The predicted octanol–water partition coefficient (Wildman–Crippen LogP) is -1.20. The van der Waals surface area contributed by atoms with Crippen molar-refractivity contribution in [2.45, 2.75) is 12.6 Å². The number of aromatic nitrogens is 2. The maximum absolute atomic E-state index is 11.4. The summed E-state index contributed by atoms with van der Waals surface area (Å²) in [6, 6.07) is -0.537. The highest BCUT2D eigenvalue weighted by atomic mass is 16.5. The summed E-state index contributed by atoms with van der Waals surface area (Å²) in [4.78, 5) is 24.3. The average Bonchev–Trinajstić information content (AvgIpc) is 2.72. The number of carbonyl (C=O) groups excluding carboxylic acids is 1. The molecule has 19 heavy (non-hydrogen) atoms. The summed E-state index contributed by atoms with van der Waals surface area (Å²) < 4.78 is 6.72. The van der Waals surface area contributed by atoms with E-state index in [-0.39, 0.29) is 12.2 Å². The van der Waals surface area contributed by atoms with Crippen LogP contribution in [0, 0.1) is 0 Å². The van der Waals surface area contributed by atoms with E-state index in [0.29, 0.717) is 25.4 Å². The van der Waals surface area contributed by atoms with Crippen LogP contribution in [-0.2, 0) is 23.1 Å². The Morgan fingerprint density at radius 1 is 1.63 bits per heavy atom. The highest BCUT2D eigenvalue weighted by Crippen LogP contribution is 2.15. The number of morpholine rings is 1. The summed E-state index contributed by atoms with van der Waals surface area (Å²) in [7, 11) is 1.67. The number of carboxylic acids is 1. The molecule has 1 saturated heterocycles. The smallest absolute Gasteiger partial charge is 0.339 e. The Hall–Kier alpha value is -1.93. The van der Waals surface area contributed by atoms with Crippen molar-refractivity contribution in [3.05, 3.63) is 17.5 Å². The van der Waals surface area contributed by atoms with Gasteiger partial charge in [0.1, 0.15) is 11.6 Å². The molecule has 0 aliphatic carbocycles. The molecule has 2 rings (SSSR count). The van der Waals surface area contributed by atoms with Gasteiger partial charge >= 0.3 is 5.97 Å². The van der Waals surface area contributed by atoms with E-state index in [1.165, 1.54) is 10.9 Å². The summed E-state index contributed by atoms with van der Waals surface area (Å²) in [6.07, 6.45) is 1.30. The lowest BCUT2D eigenvalue weighted by atomic mass is 10.1. The number of rotatable bonds is 4. The first kappa shape index (κ1) is 13.5. The molecule has 1 unspecified atom stereocenters. The minimum absolute atomic E-state index is 0.136. The van der Waals surface area contributed by atoms with Gasteiger partial charge in [-0.05, 0) is 0 Å². The molecule has 1 aliphatic heterocycles. The van der Waals surface area contributed by atoms with Crippen LogP contribution in [0.2, 0.25) is 0 Å². The van der Waals surface area contributed by atoms with E-state index in [2.05, 4.69) is 5.10 Å². The lowest BCUT2D eigenvalue weighted by molar-refractivity contribution is -0.129. The van der Waals surface area contributed by atoms with Gasteiger partial charge < -0.3 is 15.6 Å². The first-order valence-corrected chi connectivity index (χ1v) is 5.86. The number of amides is 1. The molecule has 1 atom stereocenters. The van der Waals surface area contributed by atoms with Crippen LogP contribution in [0.5, 0.6) is 0 Å². The van der Waals surface area contributed by atoms with Crippen molar-refractivity contribution < 1.29 is 19.4 Å². The van der Waals surface area contributed by atoms with Gasteiger partial charge in [0.05, 0.1) is 25.1 Å². The third-order valence-corrected chi connectivity index (χ3v) is 3.21. The summed E-state index contributed by atoms with van der Waals surface area (Å²) in [6.45, 7) is 1.55. The molecular weight excluding hydrogens is 252 g/mol. The van der Waals surface area contributed by atoms with Gasteiger partial charge in [0, 0.05) is 20.1 Å². The first-order valence-electron chi connectivity index (χ1n) is 5.86. The fourth-order valence-electron chi connectivity index (χ4n) is 2.11. The van der Waals surface area contributed by atoms with Gasteiger partial charge in [0.15, 0.2) is 0 Å². The summed E-state index contributed by atoms with van der Waals surface area (Å²) >= 11 is 0. The standard InChI is InChI=1S/C11H16N4O4/c1-14-8(7(4-13-14)11(17)18)5-15-2-3-19-6-9(15)10(12)16/h4,9H,2-3,5-6H2,1H3,(H2,12,16)(H,17,18). The maximum Gasteiger partial charge on any atom is 0.339 e. The Kier molecular flexibility index (Phi) is 3.82. The lowest BCUT2D eigenvalue weighted by Crippen LogP contribution is -2.52. The molecule has 1 amide bonds. The van der Waals surface area contributed by atoms with E-state index < -0.39 is 17.9 Å². The van der Waals surface area contributed by atoms with E-state index in [1.54, 1.807) is 7.05 Å². The van der Waals surface area contributed by atoms with Crippen LogP contribution in [0.1, 0.15) is 16.1 Å². The molecule has 0 radical (unpaired) electrons. The molecule has 1 aromatic heterocycles. The topological polar surface area (TPSA) is 111 Å². The highest BCUT2D eigenvalue weighted by molar-refractivity contribution is 5.88. The van der Waals surface area contributed by atoms with Crippen molar-refractivity contribution in [2.24, 2.45) is 12.8 Å². The number of aryl methyl sites for hydroxylation is 1. The Morgan fingerprint density at radius 3 is 3.00 bits per heavy atom. The van der Waals surface area contributed by atoms with Crippen LogP contribution in [-0.4, -0.2) is 57.5 Å². The number of nitrogens with two attached hydrogens (primary N) is 1. The second kappa shape index (κ2) is 5.37. The third kappa shape index (κ3) is 2.74. The van der Waals surface area contributed by atoms with Gasteiger partial charge in [0.2, 0.25) is 5.91 Å². The van der Waals surface area contributed by atoms with Crippen molar-refractivity contribution in [3.8, 4) is 0 Å². The highest BCUT2D eigenvalue weighted by Gasteiger charge is 2.29. The van der Waals surface area contributed by atoms with Crippen molar-refractivity contribution in [1.82, 2.24) is 14.7 Å². The normalized spacial score (nSPS) is 20.4. The fourth-order valence-corrected chi connectivity index (χ4v) is 2.11. The second-order valence-corrected chi connectivity index (χ2v) is 4.40. The number of hydrogen-bond acceptors (Lipinski definition) is 5. The zero-order valence-corrected chi connectivity index (χ0v) is 10.6. The first-order chi connectivity index (χ1) is 9.00. The van der Waals surface area contributed by atoms with Crippen molar-refractivity contribution in [3.63, 3.8) is 0 Å². The van der Waals surface area contributed by atoms with E-state index in [0.717, 1.165) is 0 Å². The number of carbonyl (C=O) groups is 2. The fraction of sp³-hybridized carbons (Fsp3) is 0.545. The number of hydrogen-bond donors (Lipinski definition) is 2. The minimum atomic E-state index is -1.04. The van der Waals surface area contributed by atoms with E-state index in [4.69, 9.17) is 15.6 Å². The zero-order valence-electron chi connectivity index (χ0n) is 10.6. The Morgan fingerprint density at radius 2 is 2.37 bits per heavy atom. The lowest BCUT2D eigenvalue weighted by Gasteiger charge is -2.33. The molecule has 2 heterocycles. The van der Waals surface area contributed by atoms with Crippen molar-refractivity contribution in [2.75, 3.05) is 19.8 Å². The number of carboxylic acid groups (broad SMARTS) is 1. The monoisotopic (exact) mass is 268 g/mol. The molecule has 104 valence electrons. The Bertz CT molecular complexity index is 499. The van der Waals surface area contributed by atoms with Gasteiger partial charge in [-0.1, -0.05) is 0 Å². The van der Waals surface area contributed by atoms with Gasteiger partial charge in [-0.3, -0.25) is 14.4 Å². The average molecular weight is 268 g/mol. The number of ether oxygens (including phenoxy) is 1. The molecule has 8 heteroatoms. The molecule has 0 aromatic carbocycles. The second-order valence-electron chi connectivity index (χ2n) is 4.40. The van der Waals surface area contributed by atoms with Gasteiger partial charge in [0.25, 0.3) is 0 Å². The zero-order chi connectivity index (χ0) is 14.0. The molecule has 1 aromatic rings.